The van der Waals surface area contributed by atoms with Gasteiger partial charge in [-0.25, -0.2) is 0 Å². The number of fused-ring (bicyclic) bond motifs is 3. The number of hydrogen-bond donors (Lipinski definition) is 2. The standard InChI is InChI=1S/C37H43F3N4O2/c1-2-3-14-27-31-28(25-15-7-8-16-26(25)32(31)36(46)43-22-37(38,39)40)21-29(34(27)44-20-10-9-18-30(44)41)35(45)33-24(17-11-19-42-33)23-12-5-4-6-13-23/h7-8,11,15-17,19,21,23,30,32H,2-6,9-10,12-14,18,20,22,41H2,1H3,(H,43,46). The van der Waals surface area contributed by atoms with Crippen molar-refractivity contribution in [3.05, 3.63) is 82.2 Å². The Morgan fingerprint density at radius 3 is 2.46 bits per heavy atom. The van der Waals surface area contributed by atoms with Crippen LogP contribution < -0.4 is 16.0 Å². The molecule has 2 atom stereocenters. The lowest BCUT2D eigenvalue weighted by Gasteiger charge is -2.38. The summed E-state index contributed by atoms with van der Waals surface area (Å²) in [5, 5.41) is 2.17. The van der Waals surface area contributed by atoms with E-state index in [9.17, 15) is 22.8 Å². The number of alkyl halides is 3. The van der Waals surface area contributed by atoms with E-state index in [1.807, 2.05) is 36.4 Å². The molecule has 3 N–H and O–H groups in total. The number of aromatic nitrogens is 1. The van der Waals surface area contributed by atoms with Gasteiger partial charge in [-0.3, -0.25) is 14.6 Å². The van der Waals surface area contributed by atoms with Crippen LogP contribution in [0.4, 0.5) is 18.9 Å². The van der Waals surface area contributed by atoms with Gasteiger partial charge in [-0.1, -0.05) is 62.9 Å². The van der Waals surface area contributed by atoms with Crippen LogP contribution in [0.1, 0.15) is 121 Å². The molecule has 6 rings (SSSR count). The summed E-state index contributed by atoms with van der Waals surface area (Å²) in [5.74, 6) is -1.54. The summed E-state index contributed by atoms with van der Waals surface area (Å²) in [5.41, 5.74) is 13.1. The molecular weight excluding hydrogens is 589 g/mol. The summed E-state index contributed by atoms with van der Waals surface area (Å²) < 4.78 is 39.8. The van der Waals surface area contributed by atoms with Crippen molar-refractivity contribution in [1.82, 2.24) is 10.3 Å². The smallest absolute Gasteiger partial charge is 0.355 e. The van der Waals surface area contributed by atoms with Crippen molar-refractivity contribution in [2.45, 2.75) is 102 Å². The number of piperidine rings is 1. The fourth-order valence-corrected chi connectivity index (χ4v) is 7.83. The highest BCUT2D eigenvalue weighted by Crippen LogP contribution is 2.51. The normalized spacial score (nSPS) is 19.9. The number of halogens is 3. The van der Waals surface area contributed by atoms with Crippen LogP contribution in [0.15, 0.2) is 48.7 Å². The average Bonchev–Trinajstić information content (AvgIpc) is 3.40. The number of benzene rings is 2. The first kappa shape index (κ1) is 32.2. The number of carbonyl (C=O) groups is 2. The van der Waals surface area contributed by atoms with Crippen LogP contribution in [0, 0.1) is 0 Å². The van der Waals surface area contributed by atoms with Crippen LogP contribution in [0.5, 0.6) is 0 Å². The zero-order valence-corrected chi connectivity index (χ0v) is 26.5. The van der Waals surface area contributed by atoms with Gasteiger partial charge in [-0.2, -0.15) is 13.2 Å². The van der Waals surface area contributed by atoms with E-state index in [1.54, 1.807) is 12.3 Å². The molecule has 0 radical (unpaired) electrons. The molecule has 2 heterocycles. The van der Waals surface area contributed by atoms with E-state index in [0.29, 0.717) is 41.0 Å². The topological polar surface area (TPSA) is 88.3 Å². The monoisotopic (exact) mass is 632 g/mol. The molecule has 0 bridgehead atoms. The quantitative estimate of drug-likeness (QED) is 0.235. The Bertz CT molecular complexity index is 1600. The summed E-state index contributed by atoms with van der Waals surface area (Å²) in [7, 11) is 0. The van der Waals surface area contributed by atoms with Crippen molar-refractivity contribution in [3.63, 3.8) is 0 Å². The Morgan fingerprint density at radius 1 is 0.978 bits per heavy atom. The molecule has 1 amide bonds. The number of ketones is 1. The van der Waals surface area contributed by atoms with Gasteiger partial charge < -0.3 is 16.0 Å². The maximum Gasteiger partial charge on any atom is 0.405 e. The first-order chi connectivity index (χ1) is 22.2. The van der Waals surface area contributed by atoms with Gasteiger partial charge >= 0.3 is 6.18 Å². The van der Waals surface area contributed by atoms with Gasteiger partial charge in [0.15, 0.2) is 0 Å². The minimum atomic E-state index is -4.54. The minimum absolute atomic E-state index is 0.169. The van der Waals surface area contributed by atoms with E-state index in [0.717, 1.165) is 80.0 Å². The number of pyridine rings is 1. The fourth-order valence-electron chi connectivity index (χ4n) is 7.83. The van der Waals surface area contributed by atoms with Crippen molar-refractivity contribution in [3.8, 4) is 11.1 Å². The van der Waals surface area contributed by atoms with Gasteiger partial charge in [0.2, 0.25) is 11.7 Å². The highest BCUT2D eigenvalue weighted by Gasteiger charge is 2.41. The van der Waals surface area contributed by atoms with Crippen LogP contribution >= 0.6 is 0 Å². The Balaban J connectivity index is 1.59. The predicted molar refractivity (Wildman–Crippen MR) is 174 cm³/mol. The van der Waals surface area contributed by atoms with Crippen molar-refractivity contribution in [1.29, 1.82) is 0 Å². The third-order valence-corrected chi connectivity index (χ3v) is 9.98. The number of hydrogen-bond acceptors (Lipinski definition) is 5. The second-order valence-corrected chi connectivity index (χ2v) is 13.0. The summed E-state index contributed by atoms with van der Waals surface area (Å²) in [6.45, 7) is 1.32. The van der Waals surface area contributed by atoms with E-state index in [-0.39, 0.29) is 17.9 Å². The van der Waals surface area contributed by atoms with Gasteiger partial charge in [-0.15, -0.1) is 0 Å². The van der Waals surface area contributed by atoms with Crippen LogP contribution in [0.3, 0.4) is 0 Å². The predicted octanol–water partition coefficient (Wildman–Crippen LogP) is 7.77. The van der Waals surface area contributed by atoms with E-state index in [1.165, 1.54) is 6.42 Å². The zero-order valence-electron chi connectivity index (χ0n) is 26.5. The zero-order chi connectivity index (χ0) is 32.4. The maximum absolute atomic E-state index is 14.9. The summed E-state index contributed by atoms with van der Waals surface area (Å²) in [4.78, 5) is 35.4. The second-order valence-electron chi connectivity index (χ2n) is 13.0. The first-order valence-electron chi connectivity index (χ1n) is 16.8. The lowest BCUT2D eigenvalue weighted by Crippen LogP contribution is -2.47. The summed E-state index contributed by atoms with van der Waals surface area (Å²) >= 11 is 0. The van der Waals surface area contributed by atoms with Crippen molar-refractivity contribution >= 4 is 17.4 Å². The molecule has 46 heavy (non-hydrogen) atoms. The molecule has 1 aromatic heterocycles. The average molecular weight is 633 g/mol. The number of carbonyl (C=O) groups excluding carboxylic acids is 2. The first-order valence-corrected chi connectivity index (χ1v) is 16.8. The Labute approximate surface area is 269 Å². The second kappa shape index (κ2) is 13.6. The number of anilines is 1. The van der Waals surface area contributed by atoms with Gasteiger partial charge in [0.1, 0.15) is 12.2 Å². The van der Waals surface area contributed by atoms with Gasteiger partial charge in [0.05, 0.1) is 17.8 Å². The molecule has 9 heteroatoms. The molecule has 1 saturated heterocycles. The maximum atomic E-state index is 14.9. The molecule has 2 aromatic carbocycles. The van der Waals surface area contributed by atoms with Crippen LogP contribution in [0.2, 0.25) is 0 Å². The molecular formula is C37H43F3N4O2. The SMILES string of the molecule is CCCCc1c2c(cc(C(=O)c3ncccc3C3CCCCC3)c1N1CCCCC1N)-c1ccccc1C2C(=O)NCC(F)(F)F. The van der Waals surface area contributed by atoms with Gasteiger partial charge in [0, 0.05) is 18.3 Å². The Hall–Kier alpha value is -3.72. The lowest BCUT2D eigenvalue weighted by molar-refractivity contribution is -0.138. The number of amides is 1. The van der Waals surface area contributed by atoms with Crippen molar-refractivity contribution in [2.75, 3.05) is 18.0 Å². The number of nitrogens with zero attached hydrogens (tertiary/aromatic N) is 2. The Morgan fingerprint density at radius 2 is 1.72 bits per heavy atom. The fraction of sp³-hybridized carbons (Fsp3) is 0.486. The van der Waals surface area contributed by atoms with Gasteiger partial charge in [0.25, 0.3) is 0 Å². The molecule has 3 aliphatic rings. The van der Waals surface area contributed by atoms with Crippen LogP contribution in [-0.2, 0) is 11.2 Å². The summed E-state index contributed by atoms with van der Waals surface area (Å²) in [6, 6.07) is 13.2. The van der Waals surface area contributed by atoms with E-state index in [2.05, 4.69) is 22.1 Å². The van der Waals surface area contributed by atoms with Gasteiger partial charge in [-0.05, 0) is 96.4 Å². The molecule has 3 aromatic rings. The number of rotatable bonds is 9. The largest absolute Gasteiger partial charge is 0.405 e. The number of unbranched alkanes of at least 4 members (excludes halogenated alkanes) is 1. The summed E-state index contributed by atoms with van der Waals surface area (Å²) in [6.07, 6.45) is 7.11. The van der Waals surface area contributed by atoms with Crippen molar-refractivity contribution in [2.24, 2.45) is 5.73 Å². The molecule has 1 saturated carbocycles. The number of nitrogens with one attached hydrogen (secondary N) is 1. The molecule has 2 fully saturated rings. The van der Waals surface area contributed by atoms with E-state index in [4.69, 9.17) is 5.73 Å². The molecule has 6 nitrogen and oxygen atoms in total. The van der Waals surface area contributed by atoms with E-state index < -0.39 is 24.5 Å². The Kier molecular flexibility index (Phi) is 9.50. The van der Waals surface area contributed by atoms with Crippen LogP contribution in [0.25, 0.3) is 11.1 Å². The lowest BCUT2D eigenvalue weighted by atomic mass is 9.81. The molecule has 0 spiro atoms. The van der Waals surface area contributed by atoms with Crippen molar-refractivity contribution < 1.29 is 22.8 Å². The van der Waals surface area contributed by atoms with Crippen LogP contribution in [-0.4, -0.2) is 42.1 Å². The molecule has 244 valence electrons. The highest BCUT2D eigenvalue weighted by atomic mass is 19.4. The third-order valence-electron chi connectivity index (χ3n) is 9.98. The molecule has 2 aliphatic carbocycles. The molecule has 1 aliphatic heterocycles. The number of nitrogens with two attached hydrogens (primary N) is 1. The molecule has 2 unspecified atom stereocenters. The third kappa shape index (κ3) is 6.31. The highest BCUT2D eigenvalue weighted by molar-refractivity contribution is 6.14. The minimum Gasteiger partial charge on any atom is -0.355 e. The van der Waals surface area contributed by atoms with E-state index >= 15 is 0 Å².